The lowest BCUT2D eigenvalue weighted by Crippen LogP contribution is -2.40. The number of aliphatic hydroxyl groups excluding tert-OH is 1. The minimum atomic E-state index is -3.49. The van der Waals surface area contributed by atoms with Gasteiger partial charge < -0.3 is 10.4 Å². The number of aliphatic hydroxyl groups is 1. The minimum Gasteiger partial charge on any atom is -0.393 e. The lowest BCUT2D eigenvalue weighted by molar-refractivity contribution is 0.113. The highest BCUT2D eigenvalue weighted by atomic mass is 32.2. The van der Waals surface area contributed by atoms with Crippen LogP contribution in [0.1, 0.15) is 26.2 Å². The summed E-state index contributed by atoms with van der Waals surface area (Å²) >= 11 is 0. The number of nitrogens with one attached hydrogen (secondary N) is 1. The van der Waals surface area contributed by atoms with Gasteiger partial charge in [-0.05, 0) is 25.3 Å². The summed E-state index contributed by atoms with van der Waals surface area (Å²) in [6.45, 7) is 3.52. The molecule has 0 unspecified atom stereocenters. The summed E-state index contributed by atoms with van der Waals surface area (Å²) in [5.41, 5.74) is 0. The molecule has 1 aromatic heterocycles. The Morgan fingerprint density at radius 3 is 2.80 bits per heavy atom. The van der Waals surface area contributed by atoms with Crippen LogP contribution in [0.3, 0.4) is 0 Å². The van der Waals surface area contributed by atoms with Crippen molar-refractivity contribution < 1.29 is 13.5 Å². The molecular weight excluding hydrogens is 278 g/mol. The molecule has 0 aliphatic carbocycles. The van der Waals surface area contributed by atoms with Gasteiger partial charge in [0, 0.05) is 31.9 Å². The Hall–Kier alpha value is -1.18. The largest absolute Gasteiger partial charge is 0.393 e. The lowest BCUT2D eigenvalue weighted by atomic mass is 10.1. The zero-order chi connectivity index (χ0) is 14.6. The molecule has 6 nitrogen and oxygen atoms in total. The van der Waals surface area contributed by atoms with Gasteiger partial charge in [-0.2, -0.15) is 4.31 Å². The maximum Gasteiger partial charge on any atom is 0.243 e. The molecule has 0 atom stereocenters. The van der Waals surface area contributed by atoms with Crippen molar-refractivity contribution in [1.29, 1.82) is 0 Å². The van der Waals surface area contributed by atoms with E-state index >= 15 is 0 Å². The number of hydrogen-bond acceptors (Lipinski definition) is 5. The van der Waals surface area contributed by atoms with Crippen molar-refractivity contribution >= 4 is 15.8 Å². The fourth-order valence-electron chi connectivity index (χ4n) is 2.15. The third-order valence-corrected chi connectivity index (χ3v) is 5.24. The van der Waals surface area contributed by atoms with Crippen molar-refractivity contribution in [1.82, 2.24) is 9.29 Å². The van der Waals surface area contributed by atoms with Gasteiger partial charge in [0.15, 0.2) is 0 Å². The Balaban J connectivity index is 2.16. The summed E-state index contributed by atoms with van der Waals surface area (Å²) in [6, 6.07) is 3.08. The molecule has 2 heterocycles. The third-order valence-electron chi connectivity index (χ3n) is 3.35. The zero-order valence-corrected chi connectivity index (χ0v) is 12.4. The smallest absolute Gasteiger partial charge is 0.243 e. The fourth-order valence-corrected chi connectivity index (χ4v) is 3.64. The van der Waals surface area contributed by atoms with E-state index in [-0.39, 0.29) is 11.0 Å². The third kappa shape index (κ3) is 3.47. The Kier molecular flexibility index (Phi) is 4.95. The van der Waals surface area contributed by atoms with Crippen LogP contribution in [0.5, 0.6) is 0 Å². The summed E-state index contributed by atoms with van der Waals surface area (Å²) < 4.78 is 26.4. The quantitative estimate of drug-likeness (QED) is 0.849. The van der Waals surface area contributed by atoms with Gasteiger partial charge in [-0.25, -0.2) is 13.4 Å². The van der Waals surface area contributed by atoms with Gasteiger partial charge in [-0.3, -0.25) is 0 Å². The van der Waals surface area contributed by atoms with E-state index in [1.54, 1.807) is 6.07 Å². The first kappa shape index (κ1) is 15.2. The van der Waals surface area contributed by atoms with Gasteiger partial charge in [0.25, 0.3) is 0 Å². The number of sulfonamides is 1. The molecule has 0 bridgehead atoms. The van der Waals surface area contributed by atoms with Crippen LogP contribution in [0, 0.1) is 0 Å². The average Bonchev–Trinajstić information content (AvgIpc) is 2.46. The number of hydrogen-bond donors (Lipinski definition) is 2. The van der Waals surface area contributed by atoms with Crippen molar-refractivity contribution in [3.05, 3.63) is 18.3 Å². The van der Waals surface area contributed by atoms with Crippen LogP contribution in [-0.2, 0) is 10.0 Å². The molecule has 0 aromatic carbocycles. The summed E-state index contributed by atoms with van der Waals surface area (Å²) in [6.07, 6.45) is 3.05. The summed E-state index contributed by atoms with van der Waals surface area (Å²) in [5.74, 6) is 0.574. The summed E-state index contributed by atoms with van der Waals surface area (Å²) in [4.78, 5) is 4.37. The molecule has 2 N–H and O–H groups in total. The van der Waals surface area contributed by atoms with Crippen molar-refractivity contribution in [3.8, 4) is 0 Å². The molecule has 20 heavy (non-hydrogen) atoms. The zero-order valence-electron chi connectivity index (χ0n) is 11.6. The second-order valence-corrected chi connectivity index (χ2v) is 6.88. The number of aromatic nitrogens is 1. The van der Waals surface area contributed by atoms with Crippen molar-refractivity contribution in [2.75, 3.05) is 25.0 Å². The number of rotatable bonds is 5. The number of piperidine rings is 1. The molecule has 1 fully saturated rings. The van der Waals surface area contributed by atoms with E-state index in [9.17, 15) is 13.5 Å². The van der Waals surface area contributed by atoms with Crippen molar-refractivity contribution in [2.24, 2.45) is 0 Å². The predicted molar refractivity (Wildman–Crippen MR) is 77.0 cm³/mol. The molecule has 7 heteroatoms. The maximum absolute atomic E-state index is 12.5. The molecule has 112 valence electrons. The van der Waals surface area contributed by atoms with E-state index in [1.807, 2.05) is 6.92 Å². The van der Waals surface area contributed by atoms with Crippen LogP contribution in [0.25, 0.3) is 0 Å². The topological polar surface area (TPSA) is 82.5 Å². The molecule has 2 rings (SSSR count). The maximum atomic E-state index is 12.5. The molecule has 0 saturated carbocycles. The van der Waals surface area contributed by atoms with E-state index in [4.69, 9.17) is 0 Å². The lowest BCUT2D eigenvalue weighted by Gasteiger charge is -2.28. The molecule has 0 radical (unpaired) electrons. The summed E-state index contributed by atoms with van der Waals surface area (Å²) in [7, 11) is -3.49. The Bertz CT molecular complexity index is 540. The summed E-state index contributed by atoms with van der Waals surface area (Å²) in [5, 5.41) is 12.5. The first-order valence-electron chi connectivity index (χ1n) is 6.92. The average molecular weight is 299 g/mol. The van der Waals surface area contributed by atoms with E-state index in [0.29, 0.717) is 31.7 Å². The van der Waals surface area contributed by atoms with Crippen LogP contribution in [-0.4, -0.2) is 48.6 Å². The Morgan fingerprint density at radius 1 is 1.45 bits per heavy atom. The van der Waals surface area contributed by atoms with Crippen LogP contribution in [0.2, 0.25) is 0 Å². The standard InChI is InChI=1S/C13H21N3O3S/c1-2-6-14-13-10-12(3-7-15-13)20(18,19)16-8-4-11(17)5-9-16/h3,7,10-11,17H,2,4-6,8-9H2,1H3,(H,14,15). The monoisotopic (exact) mass is 299 g/mol. The van der Waals surface area contributed by atoms with Gasteiger partial charge in [0.05, 0.1) is 11.0 Å². The number of nitrogens with zero attached hydrogens (tertiary/aromatic N) is 2. The van der Waals surface area contributed by atoms with Gasteiger partial charge >= 0.3 is 0 Å². The van der Waals surface area contributed by atoms with Gasteiger partial charge in [0.1, 0.15) is 5.82 Å². The molecule has 0 spiro atoms. The molecule has 1 aliphatic rings. The molecule has 1 aliphatic heterocycles. The number of anilines is 1. The molecule has 1 saturated heterocycles. The highest BCUT2D eigenvalue weighted by Crippen LogP contribution is 2.21. The Morgan fingerprint density at radius 2 is 2.15 bits per heavy atom. The molecule has 1 aromatic rings. The first-order chi connectivity index (χ1) is 9.54. The van der Waals surface area contributed by atoms with E-state index < -0.39 is 10.0 Å². The van der Waals surface area contributed by atoms with Crippen LogP contribution >= 0.6 is 0 Å². The SMILES string of the molecule is CCCNc1cc(S(=O)(=O)N2CCC(O)CC2)ccn1. The normalized spacial score (nSPS) is 18.1. The van der Waals surface area contributed by atoms with Gasteiger partial charge in [0.2, 0.25) is 10.0 Å². The fraction of sp³-hybridized carbons (Fsp3) is 0.615. The van der Waals surface area contributed by atoms with Crippen LogP contribution < -0.4 is 5.32 Å². The van der Waals surface area contributed by atoms with E-state index in [1.165, 1.54) is 16.6 Å². The highest BCUT2D eigenvalue weighted by Gasteiger charge is 2.28. The van der Waals surface area contributed by atoms with Gasteiger partial charge in [-0.1, -0.05) is 6.92 Å². The second-order valence-electron chi connectivity index (χ2n) is 4.94. The first-order valence-corrected chi connectivity index (χ1v) is 8.36. The molecular formula is C13H21N3O3S. The minimum absolute atomic E-state index is 0.252. The second kappa shape index (κ2) is 6.51. The van der Waals surface area contributed by atoms with Crippen LogP contribution in [0.4, 0.5) is 5.82 Å². The Labute approximate surface area is 119 Å². The van der Waals surface area contributed by atoms with Crippen molar-refractivity contribution in [3.63, 3.8) is 0 Å². The predicted octanol–water partition coefficient (Wildman–Crippen LogP) is 1.05. The van der Waals surface area contributed by atoms with Crippen molar-refractivity contribution in [2.45, 2.75) is 37.2 Å². The van der Waals surface area contributed by atoms with E-state index in [2.05, 4.69) is 10.3 Å². The highest BCUT2D eigenvalue weighted by molar-refractivity contribution is 7.89. The van der Waals surface area contributed by atoms with E-state index in [0.717, 1.165) is 13.0 Å². The number of pyridine rings is 1. The molecule has 0 amide bonds. The van der Waals surface area contributed by atoms with Gasteiger partial charge in [-0.15, -0.1) is 0 Å². The van der Waals surface area contributed by atoms with Crippen LogP contribution in [0.15, 0.2) is 23.2 Å².